The van der Waals surface area contributed by atoms with Crippen molar-refractivity contribution in [1.29, 1.82) is 0 Å². The zero-order valence-corrected chi connectivity index (χ0v) is 8.00. The lowest BCUT2D eigenvalue weighted by molar-refractivity contribution is -0.142. The van der Waals surface area contributed by atoms with Gasteiger partial charge in [-0.15, -0.1) is 0 Å². The summed E-state index contributed by atoms with van der Waals surface area (Å²) in [6, 6.07) is 0.0816. The van der Waals surface area contributed by atoms with E-state index in [0.717, 1.165) is 19.5 Å². The van der Waals surface area contributed by atoms with Crippen LogP contribution in [0.15, 0.2) is 0 Å². The Kier molecular flexibility index (Phi) is 2.83. The minimum Gasteiger partial charge on any atom is -0.464 e. The molecule has 2 aliphatic heterocycles. The first-order chi connectivity index (χ1) is 6.38. The van der Waals surface area contributed by atoms with E-state index < -0.39 is 0 Å². The number of carbonyl (C=O) groups is 1. The Morgan fingerprint density at radius 2 is 1.85 bits per heavy atom. The Morgan fingerprint density at radius 1 is 1.15 bits per heavy atom. The summed E-state index contributed by atoms with van der Waals surface area (Å²) < 4.78 is 4.98. The van der Waals surface area contributed by atoms with Crippen LogP contribution in [0.3, 0.4) is 0 Å². The number of carbonyl (C=O) groups excluding carboxylic acids is 1. The van der Waals surface area contributed by atoms with Crippen molar-refractivity contribution in [2.24, 2.45) is 0 Å². The summed E-state index contributed by atoms with van der Waals surface area (Å²) in [5, 5.41) is 0. The number of cyclic esters (lactones) is 1. The molecule has 1 atom stereocenters. The molecule has 0 bridgehead atoms. The van der Waals surface area contributed by atoms with Crippen molar-refractivity contribution in [2.75, 3.05) is 19.7 Å². The SMILES string of the molecule is O=C1OCCC1N1CCCCCC1. The van der Waals surface area contributed by atoms with Crippen molar-refractivity contribution >= 4 is 5.97 Å². The molecule has 0 radical (unpaired) electrons. The zero-order valence-electron chi connectivity index (χ0n) is 8.00. The number of nitrogens with zero attached hydrogens (tertiary/aromatic N) is 1. The van der Waals surface area contributed by atoms with Gasteiger partial charge in [-0.05, 0) is 25.9 Å². The van der Waals surface area contributed by atoms with Gasteiger partial charge in [0, 0.05) is 6.42 Å². The molecule has 74 valence electrons. The van der Waals surface area contributed by atoms with Crippen LogP contribution in [0.5, 0.6) is 0 Å². The second kappa shape index (κ2) is 4.09. The lowest BCUT2D eigenvalue weighted by Crippen LogP contribution is -2.39. The molecule has 0 aromatic heterocycles. The highest BCUT2D eigenvalue weighted by atomic mass is 16.5. The van der Waals surface area contributed by atoms with Crippen molar-refractivity contribution in [2.45, 2.75) is 38.1 Å². The van der Waals surface area contributed by atoms with Crippen LogP contribution in [-0.2, 0) is 9.53 Å². The quantitative estimate of drug-likeness (QED) is 0.572. The summed E-state index contributed by atoms with van der Waals surface area (Å²) >= 11 is 0. The molecule has 3 nitrogen and oxygen atoms in total. The standard InChI is InChI=1S/C10H17NO2/c12-10-9(5-8-13-10)11-6-3-1-2-4-7-11/h9H,1-8H2. The number of hydrogen-bond acceptors (Lipinski definition) is 3. The maximum absolute atomic E-state index is 11.3. The maximum atomic E-state index is 11.3. The van der Waals surface area contributed by atoms with Crippen LogP contribution in [-0.4, -0.2) is 36.6 Å². The molecule has 2 saturated heterocycles. The summed E-state index contributed by atoms with van der Waals surface area (Å²) in [6.07, 6.45) is 6.02. The smallest absolute Gasteiger partial charge is 0.323 e. The van der Waals surface area contributed by atoms with E-state index in [1.54, 1.807) is 0 Å². The van der Waals surface area contributed by atoms with Crippen molar-refractivity contribution in [3.63, 3.8) is 0 Å². The maximum Gasteiger partial charge on any atom is 0.323 e. The largest absolute Gasteiger partial charge is 0.464 e. The molecule has 1 unspecified atom stereocenters. The van der Waals surface area contributed by atoms with Crippen LogP contribution in [0.4, 0.5) is 0 Å². The summed E-state index contributed by atoms with van der Waals surface area (Å²) in [6.45, 7) is 2.79. The van der Waals surface area contributed by atoms with E-state index >= 15 is 0 Å². The average molecular weight is 183 g/mol. The van der Waals surface area contributed by atoms with Gasteiger partial charge >= 0.3 is 5.97 Å². The van der Waals surface area contributed by atoms with Gasteiger partial charge in [-0.3, -0.25) is 9.69 Å². The molecular weight excluding hydrogens is 166 g/mol. The van der Waals surface area contributed by atoms with Crippen LogP contribution in [0.1, 0.15) is 32.1 Å². The molecule has 0 N–H and O–H groups in total. The summed E-state index contributed by atoms with van der Waals surface area (Å²) in [7, 11) is 0. The van der Waals surface area contributed by atoms with Crippen LogP contribution >= 0.6 is 0 Å². The predicted octanol–water partition coefficient (Wildman–Crippen LogP) is 1.18. The fraction of sp³-hybridized carbons (Fsp3) is 0.900. The summed E-state index contributed by atoms with van der Waals surface area (Å²) in [4.78, 5) is 13.6. The second-order valence-electron chi connectivity index (χ2n) is 3.92. The minimum atomic E-state index is 0.00176. The van der Waals surface area contributed by atoms with Gasteiger partial charge in [0.1, 0.15) is 6.04 Å². The van der Waals surface area contributed by atoms with Crippen LogP contribution in [0, 0.1) is 0 Å². The topological polar surface area (TPSA) is 29.5 Å². The van der Waals surface area contributed by atoms with Gasteiger partial charge < -0.3 is 4.74 Å². The van der Waals surface area contributed by atoms with E-state index in [0.29, 0.717) is 6.61 Å². The van der Waals surface area contributed by atoms with E-state index in [-0.39, 0.29) is 12.0 Å². The molecule has 0 aromatic carbocycles. The number of hydrogen-bond donors (Lipinski definition) is 0. The third kappa shape index (κ3) is 2.02. The highest BCUT2D eigenvalue weighted by molar-refractivity contribution is 5.77. The normalized spacial score (nSPS) is 31.4. The molecule has 2 rings (SSSR count). The molecule has 13 heavy (non-hydrogen) atoms. The van der Waals surface area contributed by atoms with E-state index in [1.165, 1.54) is 25.7 Å². The minimum absolute atomic E-state index is 0.00176. The molecule has 0 saturated carbocycles. The van der Waals surface area contributed by atoms with Gasteiger partial charge in [0.25, 0.3) is 0 Å². The van der Waals surface area contributed by atoms with E-state index in [4.69, 9.17) is 4.74 Å². The van der Waals surface area contributed by atoms with Crippen molar-refractivity contribution in [3.8, 4) is 0 Å². The number of esters is 1. The zero-order chi connectivity index (χ0) is 9.10. The predicted molar refractivity (Wildman–Crippen MR) is 49.4 cm³/mol. The van der Waals surface area contributed by atoms with Gasteiger partial charge in [-0.25, -0.2) is 0 Å². The second-order valence-corrected chi connectivity index (χ2v) is 3.92. The Bertz CT molecular complexity index is 185. The van der Waals surface area contributed by atoms with E-state index in [9.17, 15) is 4.79 Å². The molecule has 0 spiro atoms. The Morgan fingerprint density at radius 3 is 2.38 bits per heavy atom. The van der Waals surface area contributed by atoms with Crippen LogP contribution in [0.25, 0.3) is 0 Å². The Labute approximate surface area is 79.0 Å². The highest BCUT2D eigenvalue weighted by Gasteiger charge is 2.32. The third-order valence-electron chi connectivity index (χ3n) is 2.99. The fourth-order valence-corrected chi connectivity index (χ4v) is 2.22. The van der Waals surface area contributed by atoms with Crippen molar-refractivity contribution in [3.05, 3.63) is 0 Å². The molecule has 2 heterocycles. The van der Waals surface area contributed by atoms with E-state index in [2.05, 4.69) is 4.90 Å². The van der Waals surface area contributed by atoms with Crippen molar-refractivity contribution < 1.29 is 9.53 Å². The van der Waals surface area contributed by atoms with Crippen LogP contribution < -0.4 is 0 Å². The summed E-state index contributed by atoms with van der Waals surface area (Å²) in [5.41, 5.74) is 0. The first-order valence-corrected chi connectivity index (χ1v) is 5.28. The van der Waals surface area contributed by atoms with Gasteiger partial charge in [0.2, 0.25) is 0 Å². The first-order valence-electron chi connectivity index (χ1n) is 5.28. The summed E-state index contributed by atoms with van der Waals surface area (Å²) in [5.74, 6) is 0.00176. The molecular formula is C10H17NO2. The lowest BCUT2D eigenvalue weighted by atomic mass is 10.2. The molecule has 2 aliphatic rings. The monoisotopic (exact) mass is 183 g/mol. The molecule has 0 aliphatic carbocycles. The lowest BCUT2D eigenvalue weighted by Gasteiger charge is -2.23. The molecule has 3 heteroatoms. The molecule has 2 fully saturated rings. The highest BCUT2D eigenvalue weighted by Crippen LogP contribution is 2.18. The molecule has 0 amide bonds. The van der Waals surface area contributed by atoms with Gasteiger partial charge in [-0.1, -0.05) is 12.8 Å². The number of rotatable bonds is 1. The van der Waals surface area contributed by atoms with E-state index in [1.807, 2.05) is 0 Å². The van der Waals surface area contributed by atoms with Gasteiger partial charge in [0.15, 0.2) is 0 Å². The Balaban J connectivity index is 1.93. The van der Waals surface area contributed by atoms with Gasteiger partial charge in [0.05, 0.1) is 6.61 Å². The van der Waals surface area contributed by atoms with Crippen LogP contribution in [0.2, 0.25) is 0 Å². The third-order valence-corrected chi connectivity index (χ3v) is 2.99. The Hall–Kier alpha value is -0.570. The first kappa shape index (κ1) is 9.00. The average Bonchev–Trinajstić information content (AvgIpc) is 2.43. The number of ether oxygens (including phenoxy) is 1. The molecule has 0 aromatic rings. The van der Waals surface area contributed by atoms with Crippen molar-refractivity contribution in [1.82, 2.24) is 4.90 Å². The fourth-order valence-electron chi connectivity index (χ4n) is 2.22. The number of likely N-dealkylation sites (tertiary alicyclic amines) is 1. The van der Waals surface area contributed by atoms with Gasteiger partial charge in [-0.2, -0.15) is 0 Å².